The zero-order chi connectivity index (χ0) is 16.4. The summed E-state index contributed by atoms with van der Waals surface area (Å²) in [4.78, 5) is 15.9. The number of pyridine rings is 1. The molecule has 0 atom stereocenters. The minimum Gasteiger partial charge on any atom is -0.356 e. The van der Waals surface area contributed by atoms with Gasteiger partial charge in [-0.05, 0) is 50.3 Å². The predicted molar refractivity (Wildman–Crippen MR) is 93.9 cm³/mol. The van der Waals surface area contributed by atoms with E-state index in [9.17, 15) is 0 Å². The fraction of sp³-hybridized carbons (Fsp3) is 0.444. The first kappa shape index (κ1) is 15.1. The molecule has 3 aromatic rings. The second-order valence-electron chi connectivity index (χ2n) is 6.46. The van der Waals surface area contributed by atoms with Gasteiger partial charge in [-0.25, -0.2) is 15.0 Å². The number of anilines is 1. The second-order valence-corrected chi connectivity index (χ2v) is 6.46. The smallest absolute Gasteiger partial charge is 0.164 e. The number of fused-ring (bicyclic) bond motifs is 1. The van der Waals surface area contributed by atoms with E-state index in [1.54, 1.807) is 6.20 Å². The molecule has 1 aliphatic heterocycles. The van der Waals surface area contributed by atoms with Gasteiger partial charge in [-0.3, -0.25) is 4.68 Å². The van der Waals surface area contributed by atoms with Crippen molar-refractivity contribution in [1.82, 2.24) is 24.7 Å². The maximum atomic E-state index is 4.70. The van der Waals surface area contributed by atoms with E-state index < -0.39 is 0 Å². The summed E-state index contributed by atoms with van der Waals surface area (Å²) in [5.74, 6) is 2.59. The van der Waals surface area contributed by atoms with Crippen LogP contribution in [-0.2, 0) is 6.54 Å². The summed E-state index contributed by atoms with van der Waals surface area (Å²) in [5, 5.41) is 5.34. The van der Waals surface area contributed by atoms with Gasteiger partial charge in [0.2, 0.25) is 0 Å². The fourth-order valence-electron chi connectivity index (χ4n) is 3.47. The number of rotatable bonds is 4. The summed E-state index contributed by atoms with van der Waals surface area (Å²) < 4.78 is 2.03. The van der Waals surface area contributed by atoms with Crippen LogP contribution in [0.5, 0.6) is 0 Å². The van der Waals surface area contributed by atoms with Crippen LogP contribution in [0.4, 0.5) is 5.82 Å². The van der Waals surface area contributed by atoms with E-state index in [2.05, 4.69) is 26.0 Å². The third-order valence-electron chi connectivity index (χ3n) is 4.80. The van der Waals surface area contributed by atoms with Crippen LogP contribution in [-0.4, -0.2) is 37.8 Å². The molecule has 6 heteroatoms. The van der Waals surface area contributed by atoms with E-state index in [4.69, 9.17) is 4.98 Å². The molecule has 1 saturated heterocycles. The van der Waals surface area contributed by atoms with E-state index in [1.807, 2.05) is 36.1 Å². The van der Waals surface area contributed by atoms with Gasteiger partial charge in [0.15, 0.2) is 5.65 Å². The highest BCUT2D eigenvalue weighted by atomic mass is 15.3. The average molecular weight is 322 g/mol. The summed E-state index contributed by atoms with van der Waals surface area (Å²) in [6.07, 6.45) is 9.27. The highest BCUT2D eigenvalue weighted by Gasteiger charge is 2.22. The summed E-state index contributed by atoms with van der Waals surface area (Å²) >= 11 is 0. The van der Waals surface area contributed by atoms with Gasteiger partial charge < -0.3 is 4.90 Å². The Bertz CT molecular complexity index is 805. The number of nitrogens with zero attached hydrogens (tertiary/aromatic N) is 6. The fourth-order valence-corrected chi connectivity index (χ4v) is 3.47. The lowest BCUT2D eigenvalue weighted by molar-refractivity contribution is 0.353. The van der Waals surface area contributed by atoms with Gasteiger partial charge in [0, 0.05) is 38.2 Å². The van der Waals surface area contributed by atoms with Crippen molar-refractivity contribution in [2.24, 2.45) is 5.92 Å². The lowest BCUT2D eigenvalue weighted by Gasteiger charge is -2.33. The number of hydrogen-bond donors (Lipinski definition) is 0. The van der Waals surface area contributed by atoms with E-state index in [-0.39, 0.29) is 0 Å². The van der Waals surface area contributed by atoms with Crippen LogP contribution in [0.2, 0.25) is 0 Å². The quantitative estimate of drug-likeness (QED) is 0.739. The standard InChI is InChI=1S/C18H22N6/c1-14-21-17-16(4-2-8-19-17)18(22-14)23-11-5-15(6-12-23)7-13-24-10-3-9-20-24/h2-4,8-10,15H,5-7,11-13H2,1H3. The van der Waals surface area contributed by atoms with Crippen molar-refractivity contribution in [1.29, 1.82) is 0 Å². The predicted octanol–water partition coefficient (Wildman–Crippen LogP) is 2.84. The lowest BCUT2D eigenvalue weighted by Crippen LogP contribution is -2.35. The molecule has 4 heterocycles. The maximum Gasteiger partial charge on any atom is 0.164 e. The van der Waals surface area contributed by atoms with Gasteiger partial charge in [0.25, 0.3) is 0 Å². The van der Waals surface area contributed by atoms with E-state index in [1.165, 1.54) is 19.3 Å². The van der Waals surface area contributed by atoms with Crippen molar-refractivity contribution >= 4 is 16.9 Å². The van der Waals surface area contributed by atoms with Crippen LogP contribution in [0, 0.1) is 12.8 Å². The third-order valence-corrected chi connectivity index (χ3v) is 4.80. The largest absolute Gasteiger partial charge is 0.356 e. The van der Waals surface area contributed by atoms with Crippen LogP contribution in [0.15, 0.2) is 36.8 Å². The van der Waals surface area contributed by atoms with Gasteiger partial charge in [-0.2, -0.15) is 5.10 Å². The number of piperidine rings is 1. The molecule has 0 spiro atoms. The van der Waals surface area contributed by atoms with Crippen LogP contribution in [0.3, 0.4) is 0 Å². The summed E-state index contributed by atoms with van der Waals surface area (Å²) in [7, 11) is 0. The topological polar surface area (TPSA) is 59.7 Å². The van der Waals surface area contributed by atoms with Crippen LogP contribution in [0.1, 0.15) is 25.1 Å². The Morgan fingerprint density at radius 2 is 2.00 bits per heavy atom. The highest BCUT2D eigenvalue weighted by molar-refractivity contribution is 5.86. The SMILES string of the molecule is Cc1nc(N2CCC(CCn3cccn3)CC2)c2cccnc2n1. The Kier molecular flexibility index (Phi) is 4.11. The monoisotopic (exact) mass is 322 g/mol. The summed E-state index contributed by atoms with van der Waals surface area (Å²) in [6.45, 7) is 5.04. The Hall–Kier alpha value is -2.50. The molecule has 0 N–H and O–H groups in total. The third kappa shape index (κ3) is 3.09. The van der Waals surface area contributed by atoms with Crippen LogP contribution >= 0.6 is 0 Å². The second kappa shape index (κ2) is 6.55. The first-order valence-electron chi connectivity index (χ1n) is 8.61. The van der Waals surface area contributed by atoms with Gasteiger partial charge in [0.1, 0.15) is 11.6 Å². The molecular formula is C18H22N6. The van der Waals surface area contributed by atoms with Crippen molar-refractivity contribution in [2.75, 3.05) is 18.0 Å². The number of aromatic nitrogens is 5. The minimum atomic E-state index is 0.762. The first-order valence-corrected chi connectivity index (χ1v) is 8.61. The molecule has 0 aromatic carbocycles. The summed E-state index contributed by atoms with van der Waals surface area (Å²) in [5.41, 5.74) is 0.792. The van der Waals surface area contributed by atoms with Gasteiger partial charge >= 0.3 is 0 Å². The van der Waals surface area contributed by atoms with E-state index in [0.29, 0.717) is 0 Å². The van der Waals surface area contributed by atoms with Crippen molar-refractivity contribution < 1.29 is 0 Å². The molecule has 1 fully saturated rings. The van der Waals surface area contributed by atoms with Crippen LogP contribution < -0.4 is 4.90 Å². The van der Waals surface area contributed by atoms with Crippen LogP contribution in [0.25, 0.3) is 11.0 Å². The highest BCUT2D eigenvalue weighted by Crippen LogP contribution is 2.28. The van der Waals surface area contributed by atoms with Crippen molar-refractivity contribution in [3.63, 3.8) is 0 Å². The normalized spacial score (nSPS) is 16.0. The van der Waals surface area contributed by atoms with E-state index >= 15 is 0 Å². The molecule has 0 unspecified atom stereocenters. The zero-order valence-electron chi connectivity index (χ0n) is 14.0. The van der Waals surface area contributed by atoms with Gasteiger partial charge in [0.05, 0.1) is 5.39 Å². The number of aryl methyl sites for hydroxylation is 2. The van der Waals surface area contributed by atoms with Crippen molar-refractivity contribution in [2.45, 2.75) is 32.7 Å². The minimum absolute atomic E-state index is 0.762. The molecule has 0 bridgehead atoms. The Labute approximate surface area is 141 Å². The first-order chi connectivity index (χ1) is 11.8. The van der Waals surface area contributed by atoms with Crippen molar-refractivity contribution in [3.8, 4) is 0 Å². The Morgan fingerprint density at radius 1 is 1.12 bits per heavy atom. The summed E-state index contributed by atoms with van der Waals surface area (Å²) in [6, 6.07) is 6.02. The molecule has 0 saturated carbocycles. The molecular weight excluding hydrogens is 300 g/mol. The number of hydrogen-bond acceptors (Lipinski definition) is 5. The lowest BCUT2D eigenvalue weighted by atomic mass is 9.93. The Balaban J connectivity index is 1.44. The average Bonchev–Trinajstić information content (AvgIpc) is 3.13. The molecule has 4 rings (SSSR count). The maximum absolute atomic E-state index is 4.70. The molecule has 1 aliphatic rings. The zero-order valence-corrected chi connectivity index (χ0v) is 14.0. The van der Waals surface area contributed by atoms with Gasteiger partial charge in [-0.15, -0.1) is 0 Å². The molecule has 0 aliphatic carbocycles. The molecule has 0 radical (unpaired) electrons. The molecule has 24 heavy (non-hydrogen) atoms. The Morgan fingerprint density at radius 3 is 2.79 bits per heavy atom. The molecule has 3 aromatic heterocycles. The molecule has 6 nitrogen and oxygen atoms in total. The molecule has 124 valence electrons. The van der Waals surface area contributed by atoms with E-state index in [0.717, 1.165) is 48.2 Å². The molecule has 0 amide bonds. The van der Waals surface area contributed by atoms with Gasteiger partial charge in [-0.1, -0.05) is 0 Å². The van der Waals surface area contributed by atoms with Crippen molar-refractivity contribution in [3.05, 3.63) is 42.6 Å².